The minimum atomic E-state index is 0.515. The Morgan fingerprint density at radius 1 is 1.38 bits per heavy atom. The summed E-state index contributed by atoms with van der Waals surface area (Å²) in [5.74, 6) is 0.884. The van der Waals surface area contributed by atoms with Gasteiger partial charge in [-0.1, -0.05) is 12.8 Å². The van der Waals surface area contributed by atoms with Crippen LogP contribution in [0.3, 0.4) is 0 Å². The van der Waals surface area contributed by atoms with Gasteiger partial charge in [-0.3, -0.25) is 9.89 Å². The molecule has 1 aromatic rings. The fourth-order valence-corrected chi connectivity index (χ4v) is 3.47. The zero-order valence-electron chi connectivity index (χ0n) is 12.8. The third-order valence-corrected chi connectivity index (χ3v) is 4.67. The molecule has 5 heteroatoms. The van der Waals surface area contributed by atoms with E-state index in [2.05, 4.69) is 20.5 Å². The van der Waals surface area contributed by atoms with Crippen molar-refractivity contribution in [1.29, 1.82) is 0 Å². The summed E-state index contributed by atoms with van der Waals surface area (Å²) < 4.78 is 5.08. The van der Waals surface area contributed by atoms with Crippen LogP contribution in [0.5, 0.6) is 0 Å². The Balaban J connectivity index is 1.44. The largest absolute Gasteiger partial charge is 0.472 e. The number of guanidine groups is 1. The van der Waals surface area contributed by atoms with Crippen LogP contribution in [0.25, 0.3) is 0 Å². The maximum atomic E-state index is 5.08. The fourth-order valence-electron chi connectivity index (χ4n) is 3.47. The summed E-state index contributed by atoms with van der Waals surface area (Å²) in [5, 5.41) is 6.89. The molecule has 0 aromatic carbocycles. The lowest BCUT2D eigenvalue weighted by Crippen LogP contribution is -2.45. The molecule has 2 fully saturated rings. The number of furan rings is 1. The van der Waals surface area contributed by atoms with E-state index in [9.17, 15) is 0 Å². The van der Waals surface area contributed by atoms with E-state index in [1.54, 1.807) is 12.5 Å². The first-order chi connectivity index (χ1) is 10.3. The van der Waals surface area contributed by atoms with Gasteiger partial charge in [0.05, 0.1) is 12.5 Å². The third-order valence-electron chi connectivity index (χ3n) is 4.67. The summed E-state index contributed by atoms with van der Waals surface area (Å²) in [7, 11) is 1.83. The van der Waals surface area contributed by atoms with Crippen LogP contribution in [0.15, 0.2) is 28.0 Å². The Labute approximate surface area is 126 Å². The van der Waals surface area contributed by atoms with Gasteiger partial charge in [0.25, 0.3) is 0 Å². The molecule has 1 saturated heterocycles. The van der Waals surface area contributed by atoms with E-state index in [0.29, 0.717) is 6.04 Å². The molecule has 0 radical (unpaired) electrons. The van der Waals surface area contributed by atoms with Crippen molar-refractivity contribution < 1.29 is 4.42 Å². The van der Waals surface area contributed by atoms with E-state index >= 15 is 0 Å². The molecule has 116 valence electrons. The van der Waals surface area contributed by atoms with Gasteiger partial charge >= 0.3 is 0 Å². The van der Waals surface area contributed by atoms with Crippen molar-refractivity contribution in [1.82, 2.24) is 15.5 Å². The molecule has 1 aliphatic heterocycles. The maximum absolute atomic E-state index is 5.08. The first kappa shape index (κ1) is 14.4. The molecule has 2 N–H and O–H groups in total. The Morgan fingerprint density at radius 2 is 2.24 bits per heavy atom. The SMILES string of the molecule is CN=C(NCc1ccoc1)NC1CCN(C2CCCC2)C1. The quantitative estimate of drug-likeness (QED) is 0.657. The average molecular weight is 290 g/mol. The molecule has 0 amide bonds. The normalized spacial score (nSPS) is 24.6. The second-order valence-corrected chi connectivity index (χ2v) is 6.12. The van der Waals surface area contributed by atoms with Gasteiger partial charge in [-0.15, -0.1) is 0 Å². The topological polar surface area (TPSA) is 52.8 Å². The molecule has 2 heterocycles. The number of nitrogens with zero attached hydrogens (tertiary/aromatic N) is 2. The monoisotopic (exact) mass is 290 g/mol. The van der Waals surface area contributed by atoms with Crippen LogP contribution >= 0.6 is 0 Å². The maximum Gasteiger partial charge on any atom is 0.191 e. The Morgan fingerprint density at radius 3 is 2.95 bits per heavy atom. The zero-order chi connectivity index (χ0) is 14.5. The Hall–Kier alpha value is -1.49. The molecule has 0 bridgehead atoms. The van der Waals surface area contributed by atoms with Gasteiger partial charge in [0.15, 0.2) is 5.96 Å². The molecular weight excluding hydrogens is 264 g/mol. The number of nitrogens with one attached hydrogen (secondary N) is 2. The molecule has 1 unspecified atom stereocenters. The second-order valence-electron chi connectivity index (χ2n) is 6.12. The molecule has 0 spiro atoms. The van der Waals surface area contributed by atoms with Gasteiger partial charge in [0.2, 0.25) is 0 Å². The predicted octanol–water partition coefficient (Wildman–Crippen LogP) is 1.96. The lowest BCUT2D eigenvalue weighted by atomic mass is 10.2. The minimum absolute atomic E-state index is 0.515. The number of hydrogen-bond donors (Lipinski definition) is 2. The van der Waals surface area contributed by atoms with Crippen LogP contribution in [0.4, 0.5) is 0 Å². The molecule has 3 rings (SSSR count). The molecule has 21 heavy (non-hydrogen) atoms. The fraction of sp³-hybridized carbons (Fsp3) is 0.688. The lowest BCUT2D eigenvalue weighted by molar-refractivity contribution is 0.242. The second kappa shape index (κ2) is 6.98. The zero-order valence-corrected chi connectivity index (χ0v) is 12.8. The van der Waals surface area contributed by atoms with Crippen molar-refractivity contribution in [2.45, 2.75) is 50.7 Å². The molecule has 1 saturated carbocycles. The van der Waals surface area contributed by atoms with Crippen LogP contribution in [0, 0.1) is 0 Å². The predicted molar refractivity (Wildman–Crippen MR) is 84.3 cm³/mol. The number of aliphatic imine (C=N–C) groups is 1. The van der Waals surface area contributed by atoms with Crippen LogP contribution < -0.4 is 10.6 Å². The highest BCUT2D eigenvalue weighted by Crippen LogP contribution is 2.26. The average Bonchev–Trinajstić information content (AvgIpc) is 3.24. The molecule has 5 nitrogen and oxygen atoms in total. The van der Waals surface area contributed by atoms with Crippen molar-refractivity contribution in [3.63, 3.8) is 0 Å². The molecule has 1 aliphatic carbocycles. The summed E-state index contributed by atoms with van der Waals surface area (Å²) in [6, 6.07) is 3.32. The molecule has 1 atom stereocenters. The molecule has 1 aromatic heterocycles. The van der Waals surface area contributed by atoms with Crippen LogP contribution in [-0.2, 0) is 6.54 Å². The minimum Gasteiger partial charge on any atom is -0.472 e. The summed E-state index contributed by atoms with van der Waals surface area (Å²) in [6.07, 6.45) is 10.3. The van der Waals surface area contributed by atoms with Crippen molar-refractivity contribution in [3.05, 3.63) is 24.2 Å². The van der Waals surface area contributed by atoms with E-state index in [-0.39, 0.29) is 0 Å². The summed E-state index contributed by atoms with van der Waals surface area (Å²) in [5.41, 5.74) is 1.14. The van der Waals surface area contributed by atoms with Crippen LogP contribution in [0.1, 0.15) is 37.7 Å². The highest BCUT2D eigenvalue weighted by atomic mass is 16.3. The van der Waals surface area contributed by atoms with Crippen molar-refractivity contribution in [2.75, 3.05) is 20.1 Å². The summed E-state index contributed by atoms with van der Waals surface area (Å²) >= 11 is 0. The van der Waals surface area contributed by atoms with Gasteiger partial charge in [0, 0.05) is 44.3 Å². The van der Waals surface area contributed by atoms with Gasteiger partial charge < -0.3 is 15.1 Å². The van der Waals surface area contributed by atoms with Crippen molar-refractivity contribution >= 4 is 5.96 Å². The van der Waals surface area contributed by atoms with Gasteiger partial charge in [-0.05, 0) is 25.3 Å². The van der Waals surface area contributed by atoms with E-state index in [0.717, 1.165) is 30.7 Å². The molecular formula is C16H26N4O. The van der Waals surface area contributed by atoms with Gasteiger partial charge in [-0.2, -0.15) is 0 Å². The lowest BCUT2D eigenvalue weighted by Gasteiger charge is -2.24. The summed E-state index contributed by atoms with van der Waals surface area (Å²) in [6.45, 7) is 3.12. The highest BCUT2D eigenvalue weighted by molar-refractivity contribution is 5.80. The first-order valence-electron chi connectivity index (χ1n) is 8.07. The number of likely N-dealkylation sites (tertiary alicyclic amines) is 1. The van der Waals surface area contributed by atoms with E-state index in [1.807, 2.05) is 13.1 Å². The number of hydrogen-bond acceptors (Lipinski definition) is 3. The van der Waals surface area contributed by atoms with Gasteiger partial charge in [0.1, 0.15) is 0 Å². The number of rotatable bonds is 4. The molecule has 2 aliphatic rings. The summed E-state index contributed by atoms with van der Waals surface area (Å²) in [4.78, 5) is 6.98. The standard InChI is InChI=1S/C16H26N4O/c1-17-16(18-10-13-7-9-21-12-13)19-14-6-8-20(11-14)15-4-2-3-5-15/h7,9,12,14-15H,2-6,8,10-11H2,1H3,(H2,17,18,19). The van der Waals surface area contributed by atoms with E-state index < -0.39 is 0 Å². The van der Waals surface area contributed by atoms with Crippen LogP contribution in [0.2, 0.25) is 0 Å². The Bertz CT molecular complexity index is 451. The smallest absolute Gasteiger partial charge is 0.191 e. The van der Waals surface area contributed by atoms with Crippen molar-refractivity contribution in [2.24, 2.45) is 4.99 Å². The van der Waals surface area contributed by atoms with Crippen LogP contribution in [-0.4, -0.2) is 43.1 Å². The van der Waals surface area contributed by atoms with E-state index in [4.69, 9.17) is 4.42 Å². The van der Waals surface area contributed by atoms with Gasteiger partial charge in [-0.25, -0.2) is 0 Å². The van der Waals surface area contributed by atoms with E-state index in [1.165, 1.54) is 38.6 Å². The first-order valence-corrected chi connectivity index (χ1v) is 8.07. The Kier molecular flexibility index (Phi) is 4.80. The highest BCUT2D eigenvalue weighted by Gasteiger charge is 2.30. The van der Waals surface area contributed by atoms with Crippen molar-refractivity contribution in [3.8, 4) is 0 Å². The third kappa shape index (κ3) is 3.79.